The van der Waals surface area contributed by atoms with E-state index in [0.29, 0.717) is 19.0 Å². The molecule has 0 saturated carbocycles. The molecule has 1 heterocycles. The first-order chi connectivity index (χ1) is 11.4. The lowest BCUT2D eigenvalue weighted by molar-refractivity contribution is 0.592. The third-order valence-corrected chi connectivity index (χ3v) is 5.61. The number of hydrogen-bond donors (Lipinski definition) is 1. The average Bonchev–Trinajstić information content (AvgIpc) is 2.97. The highest BCUT2D eigenvalue weighted by Gasteiger charge is 2.25. The zero-order valence-electron chi connectivity index (χ0n) is 14.1. The number of benzene rings is 2. The third kappa shape index (κ3) is 3.14. The molecule has 24 heavy (non-hydrogen) atoms. The van der Waals surface area contributed by atoms with Gasteiger partial charge in [-0.05, 0) is 50.1 Å². The lowest BCUT2D eigenvalue weighted by Gasteiger charge is -2.23. The van der Waals surface area contributed by atoms with Crippen LogP contribution in [0.4, 0.5) is 5.69 Å². The van der Waals surface area contributed by atoms with Gasteiger partial charge in [-0.3, -0.25) is 4.99 Å². The van der Waals surface area contributed by atoms with Crippen molar-refractivity contribution in [1.29, 1.82) is 0 Å². The molecule has 1 aliphatic heterocycles. The maximum absolute atomic E-state index is 12.6. The Morgan fingerprint density at radius 2 is 1.75 bits per heavy atom. The quantitative estimate of drug-likeness (QED) is 0.932. The lowest BCUT2D eigenvalue weighted by atomic mass is 10.1. The Labute approximate surface area is 143 Å². The highest BCUT2D eigenvalue weighted by Crippen LogP contribution is 2.25. The molecular weight excluding hydrogens is 322 g/mol. The summed E-state index contributed by atoms with van der Waals surface area (Å²) < 4.78 is 27.9. The maximum Gasteiger partial charge on any atom is 0.264 e. The normalized spacial score (nSPS) is 14.6. The molecule has 2 aromatic carbocycles. The van der Waals surface area contributed by atoms with Crippen LogP contribution in [0.15, 0.2) is 52.4 Å². The zero-order valence-corrected chi connectivity index (χ0v) is 14.9. The van der Waals surface area contributed by atoms with Gasteiger partial charge in [0.05, 0.1) is 11.4 Å². The van der Waals surface area contributed by atoms with E-state index >= 15 is 0 Å². The predicted octanol–water partition coefficient (Wildman–Crippen LogP) is 2.77. The number of aliphatic imine (C=N–C) groups is 1. The van der Waals surface area contributed by atoms with E-state index in [1.165, 1.54) is 5.56 Å². The summed E-state index contributed by atoms with van der Waals surface area (Å²) in [5.74, 6) is 0.379. The second kappa shape index (κ2) is 6.28. The Balaban J connectivity index is 1.89. The summed E-state index contributed by atoms with van der Waals surface area (Å²) in [7, 11) is -3.65. The van der Waals surface area contributed by atoms with E-state index in [1.807, 2.05) is 43.9 Å². The first kappa shape index (κ1) is 16.5. The van der Waals surface area contributed by atoms with E-state index in [4.69, 9.17) is 0 Å². The fourth-order valence-corrected chi connectivity index (χ4v) is 3.72. The van der Waals surface area contributed by atoms with Crippen LogP contribution in [0, 0.1) is 20.8 Å². The molecular formula is C18H21N3O2S. The van der Waals surface area contributed by atoms with Crippen LogP contribution < -0.4 is 9.62 Å². The number of nitrogens with zero attached hydrogens (tertiary/aromatic N) is 2. The van der Waals surface area contributed by atoms with Crippen molar-refractivity contribution in [3.63, 3.8) is 0 Å². The Bertz CT molecular complexity index is 887. The molecule has 0 saturated heterocycles. The molecule has 5 nitrogen and oxygen atoms in total. The zero-order chi connectivity index (χ0) is 17.3. The molecule has 1 aliphatic rings. The first-order valence-electron chi connectivity index (χ1n) is 7.86. The summed E-state index contributed by atoms with van der Waals surface area (Å²) in [6.07, 6.45) is 0. The number of aryl methyl sites for hydroxylation is 2. The third-order valence-electron chi connectivity index (χ3n) is 4.26. The molecule has 126 valence electrons. The van der Waals surface area contributed by atoms with Crippen molar-refractivity contribution in [2.24, 2.45) is 4.99 Å². The van der Waals surface area contributed by atoms with Crippen molar-refractivity contribution in [1.82, 2.24) is 4.72 Å². The molecule has 0 fully saturated rings. The summed E-state index contributed by atoms with van der Waals surface area (Å²) in [6, 6.07) is 12.8. The minimum atomic E-state index is -3.65. The van der Waals surface area contributed by atoms with Crippen LogP contribution >= 0.6 is 0 Å². The van der Waals surface area contributed by atoms with Crippen molar-refractivity contribution in [3.05, 3.63) is 59.2 Å². The molecule has 0 unspecified atom stereocenters. The number of rotatable bonds is 3. The molecule has 0 aliphatic carbocycles. The van der Waals surface area contributed by atoms with Crippen molar-refractivity contribution in [2.45, 2.75) is 25.7 Å². The average molecular weight is 343 g/mol. The van der Waals surface area contributed by atoms with Crippen molar-refractivity contribution in [3.8, 4) is 0 Å². The molecule has 0 radical (unpaired) electrons. The Morgan fingerprint density at radius 3 is 2.46 bits per heavy atom. The lowest BCUT2D eigenvalue weighted by Crippen LogP contribution is -2.42. The fraction of sp³-hybridized carbons (Fsp3) is 0.278. The van der Waals surface area contributed by atoms with Gasteiger partial charge in [0, 0.05) is 12.2 Å². The van der Waals surface area contributed by atoms with Gasteiger partial charge in [0.25, 0.3) is 10.0 Å². The number of nitrogens with one attached hydrogen (secondary N) is 1. The van der Waals surface area contributed by atoms with Crippen LogP contribution in [0.1, 0.15) is 16.7 Å². The largest absolute Gasteiger partial charge is 0.310 e. The summed E-state index contributed by atoms with van der Waals surface area (Å²) in [6.45, 7) is 7.24. The molecule has 0 atom stereocenters. The van der Waals surface area contributed by atoms with Crippen LogP contribution in [-0.4, -0.2) is 27.5 Å². The fourth-order valence-electron chi connectivity index (χ4n) is 2.69. The maximum atomic E-state index is 12.6. The van der Waals surface area contributed by atoms with E-state index < -0.39 is 10.0 Å². The SMILES string of the molecule is Cc1ccc(S(=O)(=O)NC2=NCCN2c2cccc(C)c2C)cc1. The van der Waals surface area contributed by atoms with Crippen molar-refractivity contribution < 1.29 is 8.42 Å². The van der Waals surface area contributed by atoms with Gasteiger partial charge in [-0.25, -0.2) is 13.1 Å². The molecule has 6 heteroatoms. The van der Waals surface area contributed by atoms with E-state index in [1.54, 1.807) is 24.3 Å². The summed E-state index contributed by atoms with van der Waals surface area (Å²) in [5, 5.41) is 0. The van der Waals surface area contributed by atoms with Crippen molar-refractivity contribution >= 4 is 21.7 Å². The highest BCUT2D eigenvalue weighted by atomic mass is 32.2. The standard InChI is InChI=1S/C18H21N3O2S/c1-13-7-9-16(10-8-13)24(22,23)20-18-19-11-12-21(18)17-6-4-5-14(2)15(17)3/h4-10H,11-12H2,1-3H3,(H,19,20). The molecule has 1 N–H and O–H groups in total. The minimum absolute atomic E-state index is 0.239. The molecule has 0 spiro atoms. The Morgan fingerprint density at radius 1 is 1.04 bits per heavy atom. The smallest absolute Gasteiger partial charge is 0.264 e. The second-order valence-electron chi connectivity index (χ2n) is 5.99. The number of sulfonamides is 1. The topological polar surface area (TPSA) is 61.8 Å². The van der Waals surface area contributed by atoms with Crippen LogP contribution in [0.5, 0.6) is 0 Å². The van der Waals surface area contributed by atoms with Crippen LogP contribution in [-0.2, 0) is 10.0 Å². The van der Waals surface area contributed by atoms with Gasteiger partial charge in [0.2, 0.25) is 5.96 Å². The van der Waals surface area contributed by atoms with Gasteiger partial charge in [0.15, 0.2) is 0 Å². The first-order valence-corrected chi connectivity index (χ1v) is 9.34. The number of guanidine groups is 1. The van der Waals surface area contributed by atoms with Crippen LogP contribution in [0.3, 0.4) is 0 Å². The summed E-state index contributed by atoms with van der Waals surface area (Å²) in [4.78, 5) is 6.51. The van der Waals surface area contributed by atoms with Crippen molar-refractivity contribution in [2.75, 3.05) is 18.0 Å². The minimum Gasteiger partial charge on any atom is -0.310 e. The van der Waals surface area contributed by atoms with Gasteiger partial charge >= 0.3 is 0 Å². The molecule has 2 aromatic rings. The van der Waals surface area contributed by atoms with Gasteiger partial charge in [-0.15, -0.1) is 0 Å². The van der Waals surface area contributed by atoms with Gasteiger partial charge < -0.3 is 4.90 Å². The van der Waals surface area contributed by atoms with Gasteiger partial charge in [0.1, 0.15) is 0 Å². The summed E-state index contributed by atoms with van der Waals surface area (Å²) >= 11 is 0. The highest BCUT2D eigenvalue weighted by molar-refractivity contribution is 7.90. The van der Waals surface area contributed by atoms with Gasteiger partial charge in [-0.2, -0.15) is 0 Å². The van der Waals surface area contributed by atoms with E-state index in [2.05, 4.69) is 9.71 Å². The predicted molar refractivity (Wildman–Crippen MR) is 97.1 cm³/mol. The Kier molecular flexibility index (Phi) is 4.32. The molecule has 0 amide bonds. The molecule has 0 bridgehead atoms. The van der Waals surface area contributed by atoms with E-state index in [-0.39, 0.29) is 4.90 Å². The van der Waals surface area contributed by atoms with E-state index in [9.17, 15) is 8.42 Å². The van der Waals surface area contributed by atoms with Crippen LogP contribution in [0.2, 0.25) is 0 Å². The van der Waals surface area contributed by atoms with Crippen LogP contribution in [0.25, 0.3) is 0 Å². The number of hydrogen-bond acceptors (Lipinski definition) is 4. The van der Waals surface area contributed by atoms with Gasteiger partial charge in [-0.1, -0.05) is 29.8 Å². The molecule has 3 rings (SSSR count). The summed E-state index contributed by atoms with van der Waals surface area (Å²) in [5.41, 5.74) is 4.30. The number of anilines is 1. The second-order valence-corrected chi connectivity index (χ2v) is 7.68. The van der Waals surface area contributed by atoms with E-state index in [0.717, 1.165) is 16.8 Å². The molecule has 0 aromatic heterocycles. The Hall–Kier alpha value is -2.34. The monoisotopic (exact) mass is 343 g/mol.